The van der Waals surface area contributed by atoms with Crippen LogP contribution in [0.2, 0.25) is 0 Å². The van der Waals surface area contributed by atoms with E-state index in [1.165, 1.54) is 308 Å². The van der Waals surface area contributed by atoms with E-state index in [1.54, 1.807) is 6.08 Å². The molecule has 484 valence electrons. The normalized spacial score (nSPS) is 18.5. The van der Waals surface area contributed by atoms with Crippen LogP contribution in [-0.4, -0.2) is 87.5 Å². The molecule has 1 aliphatic rings. The lowest BCUT2D eigenvalue weighted by Gasteiger charge is -2.40. The highest BCUT2D eigenvalue weighted by atomic mass is 16.7. The Labute approximate surface area is 508 Å². The smallest absolute Gasteiger partial charge is 0.220 e. The fourth-order valence-corrected chi connectivity index (χ4v) is 11.8. The molecule has 1 aliphatic heterocycles. The summed E-state index contributed by atoms with van der Waals surface area (Å²) >= 11 is 0. The van der Waals surface area contributed by atoms with Gasteiger partial charge in [-0.3, -0.25) is 4.79 Å². The van der Waals surface area contributed by atoms with Gasteiger partial charge >= 0.3 is 0 Å². The number of rotatable bonds is 64. The first kappa shape index (κ1) is 78.4. The first-order valence-corrected chi connectivity index (χ1v) is 36.2. The summed E-state index contributed by atoms with van der Waals surface area (Å²) in [5, 5.41) is 54.7. The van der Waals surface area contributed by atoms with Crippen LogP contribution in [0.15, 0.2) is 36.5 Å². The van der Waals surface area contributed by atoms with Crippen LogP contribution in [0.4, 0.5) is 0 Å². The highest BCUT2D eigenvalue weighted by Gasteiger charge is 2.44. The SMILES string of the molecule is CCCCCCCCCC/C=C\CCCCCCCCCCCCCCCCCCCCCCCCCC(=O)NC(COC1OC(CO)C(O)C(O)C1O)C(O)/C=C/CC/C=C/CCCCCCCCCCCCCCCCCCCC. The molecular formula is C73H139NO8. The summed E-state index contributed by atoms with van der Waals surface area (Å²) in [4.78, 5) is 13.1. The number of hydrogen-bond acceptors (Lipinski definition) is 8. The first-order valence-electron chi connectivity index (χ1n) is 36.2. The van der Waals surface area contributed by atoms with E-state index in [9.17, 15) is 30.3 Å². The van der Waals surface area contributed by atoms with E-state index >= 15 is 0 Å². The summed E-state index contributed by atoms with van der Waals surface area (Å²) in [5.41, 5.74) is 0. The van der Waals surface area contributed by atoms with E-state index in [0.717, 1.165) is 38.5 Å². The van der Waals surface area contributed by atoms with Gasteiger partial charge < -0.3 is 40.3 Å². The molecule has 1 saturated heterocycles. The molecule has 0 spiro atoms. The number of ether oxygens (including phenoxy) is 2. The second-order valence-electron chi connectivity index (χ2n) is 25.4. The predicted octanol–water partition coefficient (Wildman–Crippen LogP) is 19.8. The predicted molar refractivity (Wildman–Crippen MR) is 350 cm³/mol. The van der Waals surface area contributed by atoms with Crippen molar-refractivity contribution in [1.29, 1.82) is 0 Å². The molecular weight excluding hydrogens is 1020 g/mol. The molecule has 82 heavy (non-hydrogen) atoms. The summed E-state index contributed by atoms with van der Waals surface area (Å²) < 4.78 is 11.3. The van der Waals surface area contributed by atoms with Crippen molar-refractivity contribution >= 4 is 5.91 Å². The minimum absolute atomic E-state index is 0.179. The maximum absolute atomic E-state index is 13.1. The average molecular weight is 1160 g/mol. The fourth-order valence-electron chi connectivity index (χ4n) is 11.8. The summed E-state index contributed by atoms with van der Waals surface area (Å²) in [7, 11) is 0. The summed E-state index contributed by atoms with van der Waals surface area (Å²) in [5.74, 6) is -0.179. The molecule has 7 atom stereocenters. The lowest BCUT2D eigenvalue weighted by atomic mass is 9.99. The van der Waals surface area contributed by atoms with Gasteiger partial charge in [0.1, 0.15) is 24.4 Å². The van der Waals surface area contributed by atoms with Gasteiger partial charge in [0, 0.05) is 6.42 Å². The topological polar surface area (TPSA) is 149 Å². The molecule has 0 saturated carbocycles. The van der Waals surface area contributed by atoms with Gasteiger partial charge in [-0.1, -0.05) is 339 Å². The van der Waals surface area contributed by atoms with E-state index in [0.29, 0.717) is 6.42 Å². The number of carbonyl (C=O) groups excluding carboxylic acids is 1. The van der Waals surface area contributed by atoms with E-state index in [-0.39, 0.29) is 12.5 Å². The molecule has 0 aromatic heterocycles. The van der Waals surface area contributed by atoms with Gasteiger partial charge in [-0.15, -0.1) is 0 Å². The molecule has 0 aliphatic carbocycles. The standard InChI is InChI=1S/C73H139NO8/c1-3-5-7-9-11-13-15-17-19-21-23-25-27-29-30-31-32-33-34-35-36-37-38-39-41-43-45-47-49-51-53-55-57-59-61-63-69(77)74-66(65-81-73-72(80)71(79)70(78)68(64-75)82-73)67(76)62-60-58-56-54-52-50-48-46-44-42-40-28-26-24-22-20-18-16-14-12-10-8-6-4-2/h21,23,52,54,60,62,66-68,70-73,75-76,78-80H,3-20,22,24-51,53,55-59,61,63-65H2,1-2H3,(H,74,77)/b23-21-,54-52+,62-60+. The van der Waals surface area contributed by atoms with Crippen LogP contribution in [0, 0.1) is 0 Å². The van der Waals surface area contributed by atoms with Crippen LogP contribution in [0.3, 0.4) is 0 Å². The molecule has 1 heterocycles. The minimum Gasteiger partial charge on any atom is -0.394 e. The molecule has 1 fully saturated rings. The molecule has 0 aromatic carbocycles. The van der Waals surface area contributed by atoms with Gasteiger partial charge in [-0.05, 0) is 57.8 Å². The Bertz CT molecular complexity index is 1390. The van der Waals surface area contributed by atoms with Gasteiger partial charge in [0.05, 0.1) is 25.4 Å². The molecule has 1 rings (SSSR count). The van der Waals surface area contributed by atoms with Crippen molar-refractivity contribution in [2.45, 2.75) is 410 Å². The largest absolute Gasteiger partial charge is 0.394 e. The number of aliphatic hydroxyl groups excluding tert-OH is 5. The Morgan fingerprint density at radius 2 is 0.695 bits per heavy atom. The zero-order valence-corrected chi connectivity index (χ0v) is 54.3. The highest BCUT2D eigenvalue weighted by Crippen LogP contribution is 2.23. The lowest BCUT2D eigenvalue weighted by molar-refractivity contribution is -0.302. The van der Waals surface area contributed by atoms with Crippen LogP contribution < -0.4 is 5.32 Å². The summed E-state index contributed by atoms with van der Waals surface area (Å²) in [6.45, 7) is 3.82. The molecule has 9 heteroatoms. The van der Waals surface area contributed by atoms with Crippen LogP contribution in [-0.2, 0) is 14.3 Å². The van der Waals surface area contributed by atoms with Gasteiger partial charge in [-0.2, -0.15) is 0 Å². The number of unbranched alkanes of at least 4 members (excludes halogenated alkanes) is 50. The Hall–Kier alpha value is -1.59. The molecule has 9 nitrogen and oxygen atoms in total. The minimum atomic E-state index is -1.57. The Balaban J connectivity index is 2.10. The third-order valence-electron chi connectivity index (χ3n) is 17.4. The van der Waals surface area contributed by atoms with Crippen LogP contribution in [0.25, 0.3) is 0 Å². The van der Waals surface area contributed by atoms with Gasteiger partial charge in [0.15, 0.2) is 6.29 Å². The van der Waals surface area contributed by atoms with Crippen molar-refractivity contribution in [1.82, 2.24) is 5.32 Å². The number of amides is 1. The van der Waals surface area contributed by atoms with Crippen molar-refractivity contribution in [2.24, 2.45) is 0 Å². The molecule has 6 N–H and O–H groups in total. The zero-order chi connectivity index (χ0) is 59.3. The van der Waals surface area contributed by atoms with Gasteiger partial charge in [0.25, 0.3) is 0 Å². The average Bonchev–Trinajstić information content (AvgIpc) is 3.52. The van der Waals surface area contributed by atoms with Crippen molar-refractivity contribution in [3.63, 3.8) is 0 Å². The molecule has 0 aromatic rings. The highest BCUT2D eigenvalue weighted by molar-refractivity contribution is 5.76. The molecule has 0 radical (unpaired) electrons. The number of aliphatic hydroxyl groups is 5. The number of nitrogens with one attached hydrogen (secondary N) is 1. The quantitative estimate of drug-likeness (QED) is 0.0261. The Morgan fingerprint density at radius 3 is 1.02 bits per heavy atom. The molecule has 0 bridgehead atoms. The first-order chi connectivity index (χ1) is 40.3. The van der Waals surface area contributed by atoms with Crippen molar-refractivity contribution in [3.8, 4) is 0 Å². The maximum Gasteiger partial charge on any atom is 0.220 e. The molecule has 7 unspecified atom stereocenters. The molecule has 1 amide bonds. The third kappa shape index (κ3) is 50.6. The fraction of sp³-hybridized carbons (Fsp3) is 0.904. The Morgan fingerprint density at radius 1 is 0.402 bits per heavy atom. The van der Waals surface area contributed by atoms with Crippen molar-refractivity contribution in [3.05, 3.63) is 36.5 Å². The van der Waals surface area contributed by atoms with E-state index in [4.69, 9.17) is 9.47 Å². The lowest BCUT2D eigenvalue weighted by Crippen LogP contribution is -2.60. The van der Waals surface area contributed by atoms with Gasteiger partial charge in [-0.25, -0.2) is 0 Å². The number of hydrogen-bond donors (Lipinski definition) is 6. The van der Waals surface area contributed by atoms with E-state index in [1.807, 2.05) is 6.08 Å². The van der Waals surface area contributed by atoms with Crippen molar-refractivity contribution < 1.29 is 39.8 Å². The number of carbonyl (C=O) groups is 1. The van der Waals surface area contributed by atoms with Crippen LogP contribution >= 0.6 is 0 Å². The third-order valence-corrected chi connectivity index (χ3v) is 17.4. The summed E-state index contributed by atoms with van der Waals surface area (Å²) in [6.07, 6.45) is 77.0. The number of allylic oxidation sites excluding steroid dienone is 5. The second kappa shape index (κ2) is 62.5. The zero-order valence-electron chi connectivity index (χ0n) is 54.3. The Kier molecular flexibility index (Phi) is 59.7. The maximum atomic E-state index is 13.1. The van der Waals surface area contributed by atoms with Crippen LogP contribution in [0.5, 0.6) is 0 Å². The monoisotopic (exact) mass is 1160 g/mol. The van der Waals surface area contributed by atoms with E-state index in [2.05, 4.69) is 43.5 Å². The van der Waals surface area contributed by atoms with Gasteiger partial charge in [0.2, 0.25) is 5.91 Å². The summed E-state index contributed by atoms with van der Waals surface area (Å²) in [6, 6.07) is -0.821. The van der Waals surface area contributed by atoms with Crippen LogP contribution in [0.1, 0.15) is 367 Å². The van der Waals surface area contributed by atoms with Crippen molar-refractivity contribution in [2.75, 3.05) is 13.2 Å². The second-order valence-corrected chi connectivity index (χ2v) is 25.4. The van der Waals surface area contributed by atoms with E-state index < -0.39 is 49.5 Å².